The van der Waals surface area contributed by atoms with Crippen LogP contribution in [0.2, 0.25) is 0 Å². The second kappa shape index (κ2) is 9.17. The molecule has 3 rings (SSSR count). The molecule has 0 unspecified atom stereocenters. The van der Waals surface area contributed by atoms with Crippen molar-refractivity contribution in [3.63, 3.8) is 0 Å². The molecule has 0 fully saturated rings. The van der Waals surface area contributed by atoms with Crippen LogP contribution < -0.4 is 15.4 Å². The molecule has 0 saturated heterocycles. The second-order valence-corrected chi connectivity index (χ2v) is 7.16. The van der Waals surface area contributed by atoms with E-state index in [2.05, 4.69) is 20.5 Å². The van der Waals surface area contributed by atoms with E-state index in [9.17, 15) is 13.2 Å². The summed E-state index contributed by atoms with van der Waals surface area (Å²) < 4.78 is 45.5. The van der Waals surface area contributed by atoms with Crippen LogP contribution in [0.3, 0.4) is 0 Å². The number of alkyl halides is 2. The minimum Gasteiger partial charge on any atom is -0.433 e. The first-order chi connectivity index (χ1) is 14.2. The smallest absolute Gasteiger partial charge is 0.387 e. The van der Waals surface area contributed by atoms with Crippen LogP contribution in [-0.2, 0) is 6.54 Å². The molecular formula is C21H21F3N4OS. The molecule has 5 nitrogen and oxygen atoms in total. The Bertz CT molecular complexity index is 1070. The Morgan fingerprint density at radius 2 is 1.87 bits per heavy atom. The maximum atomic E-state index is 14.0. The molecule has 2 N–H and O–H groups in total. The van der Waals surface area contributed by atoms with Crippen molar-refractivity contribution in [2.24, 2.45) is 0 Å². The van der Waals surface area contributed by atoms with Crippen LogP contribution in [0, 0.1) is 26.6 Å². The van der Waals surface area contributed by atoms with Crippen LogP contribution in [0.25, 0.3) is 0 Å². The Kier molecular flexibility index (Phi) is 6.61. The van der Waals surface area contributed by atoms with Gasteiger partial charge >= 0.3 is 6.61 Å². The molecule has 0 aliphatic carbocycles. The average molecular weight is 434 g/mol. The van der Waals surface area contributed by atoms with Crippen LogP contribution in [-0.4, -0.2) is 21.5 Å². The number of rotatable bonds is 6. The summed E-state index contributed by atoms with van der Waals surface area (Å²) in [6.45, 7) is 2.79. The lowest BCUT2D eigenvalue weighted by Crippen LogP contribution is -2.21. The molecule has 0 atom stereocenters. The van der Waals surface area contributed by atoms with E-state index in [0.29, 0.717) is 22.6 Å². The first kappa shape index (κ1) is 21.6. The molecule has 30 heavy (non-hydrogen) atoms. The van der Waals surface area contributed by atoms with Gasteiger partial charge in [0, 0.05) is 5.56 Å². The fourth-order valence-corrected chi connectivity index (χ4v) is 3.24. The molecule has 3 aromatic rings. The Labute approximate surface area is 177 Å². The molecule has 0 aliphatic heterocycles. The molecule has 0 amide bonds. The maximum absolute atomic E-state index is 14.0. The number of anilines is 2. The normalized spacial score (nSPS) is 10.9. The van der Waals surface area contributed by atoms with Gasteiger partial charge in [-0.3, -0.25) is 4.68 Å². The Balaban J connectivity index is 1.77. The predicted octanol–water partition coefficient (Wildman–Crippen LogP) is 5.41. The largest absolute Gasteiger partial charge is 0.433 e. The van der Waals surface area contributed by atoms with E-state index in [-0.39, 0.29) is 23.2 Å². The highest BCUT2D eigenvalue weighted by atomic mass is 32.1. The Morgan fingerprint density at radius 1 is 1.13 bits per heavy atom. The molecule has 0 saturated carbocycles. The summed E-state index contributed by atoms with van der Waals surface area (Å²) in [5.74, 6) is -0.314. The lowest BCUT2D eigenvalue weighted by Gasteiger charge is -2.15. The van der Waals surface area contributed by atoms with Gasteiger partial charge in [0.2, 0.25) is 0 Å². The lowest BCUT2D eigenvalue weighted by atomic mass is 10.2. The van der Waals surface area contributed by atoms with Gasteiger partial charge in [-0.05, 0) is 56.8 Å². The number of nitrogens with zero attached hydrogens (tertiary/aromatic N) is 2. The fraction of sp³-hybridized carbons (Fsp3) is 0.238. The number of benzene rings is 2. The molecule has 0 radical (unpaired) electrons. The number of aryl methyl sites for hydroxylation is 2. The highest BCUT2D eigenvalue weighted by Gasteiger charge is 2.16. The van der Waals surface area contributed by atoms with Gasteiger partial charge in [-0.2, -0.15) is 13.9 Å². The zero-order valence-corrected chi connectivity index (χ0v) is 17.5. The van der Waals surface area contributed by atoms with E-state index in [1.165, 1.54) is 12.1 Å². The fourth-order valence-electron chi connectivity index (χ4n) is 3.03. The predicted molar refractivity (Wildman–Crippen MR) is 115 cm³/mol. The molecule has 0 bridgehead atoms. The van der Waals surface area contributed by atoms with Crippen molar-refractivity contribution in [3.8, 4) is 5.75 Å². The SMILES string of the molecule is Cc1ccc(OC(F)F)c(NC(=S)Nc2c(C)nn(Cc3ccccc3F)c2C)c1. The van der Waals surface area contributed by atoms with Gasteiger partial charge in [0.05, 0.1) is 29.3 Å². The third-order valence-electron chi connectivity index (χ3n) is 4.50. The standard InChI is InChI=1S/C21H21F3N4OS/c1-12-8-9-18(29-20(23)24)17(10-12)25-21(30)26-19-13(2)27-28(14(19)3)11-15-6-4-5-7-16(15)22/h4-10,20H,11H2,1-3H3,(H2,25,26,30). The van der Waals surface area contributed by atoms with Crippen LogP contribution in [0.1, 0.15) is 22.5 Å². The van der Waals surface area contributed by atoms with Gasteiger partial charge in [-0.15, -0.1) is 0 Å². The summed E-state index contributed by atoms with van der Waals surface area (Å²) >= 11 is 5.35. The number of ether oxygens (including phenoxy) is 1. The number of halogens is 3. The summed E-state index contributed by atoms with van der Waals surface area (Å²) in [4.78, 5) is 0. The monoisotopic (exact) mass is 434 g/mol. The maximum Gasteiger partial charge on any atom is 0.387 e. The molecule has 0 spiro atoms. The van der Waals surface area contributed by atoms with Crippen molar-refractivity contribution >= 4 is 28.7 Å². The average Bonchev–Trinajstić information content (AvgIpc) is 2.93. The van der Waals surface area contributed by atoms with E-state index in [4.69, 9.17) is 12.2 Å². The van der Waals surface area contributed by atoms with Crippen molar-refractivity contribution in [1.29, 1.82) is 0 Å². The molecular weight excluding hydrogens is 413 g/mol. The number of thiocarbonyl (C=S) groups is 1. The van der Waals surface area contributed by atoms with Crippen LogP contribution in [0.4, 0.5) is 24.5 Å². The summed E-state index contributed by atoms with van der Waals surface area (Å²) in [5, 5.41) is 10.6. The molecule has 0 aliphatic rings. The minimum atomic E-state index is -2.95. The molecule has 1 heterocycles. The van der Waals surface area contributed by atoms with Gasteiger partial charge < -0.3 is 15.4 Å². The third-order valence-corrected chi connectivity index (χ3v) is 4.70. The van der Waals surface area contributed by atoms with E-state index in [0.717, 1.165) is 11.3 Å². The van der Waals surface area contributed by atoms with Gasteiger partial charge in [0.1, 0.15) is 11.6 Å². The second-order valence-electron chi connectivity index (χ2n) is 6.75. The highest BCUT2D eigenvalue weighted by Crippen LogP contribution is 2.28. The highest BCUT2D eigenvalue weighted by molar-refractivity contribution is 7.80. The summed E-state index contributed by atoms with van der Waals surface area (Å²) in [5.41, 5.74) is 3.78. The zero-order valence-electron chi connectivity index (χ0n) is 16.7. The Hall–Kier alpha value is -3.07. The van der Waals surface area contributed by atoms with Crippen molar-refractivity contribution in [2.75, 3.05) is 10.6 Å². The first-order valence-corrected chi connectivity index (χ1v) is 9.56. The van der Waals surface area contributed by atoms with Gasteiger partial charge in [-0.1, -0.05) is 24.3 Å². The first-order valence-electron chi connectivity index (χ1n) is 9.15. The number of nitrogens with one attached hydrogen (secondary N) is 2. The number of hydrogen-bond acceptors (Lipinski definition) is 3. The molecule has 9 heteroatoms. The molecule has 2 aromatic carbocycles. The van der Waals surface area contributed by atoms with Crippen LogP contribution >= 0.6 is 12.2 Å². The zero-order chi connectivity index (χ0) is 21.8. The molecule has 158 valence electrons. The van der Waals surface area contributed by atoms with E-state index >= 15 is 0 Å². The van der Waals surface area contributed by atoms with E-state index in [1.54, 1.807) is 41.9 Å². The summed E-state index contributed by atoms with van der Waals surface area (Å²) in [6.07, 6.45) is 0. The molecule has 1 aromatic heterocycles. The van der Waals surface area contributed by atoms with Crippen molar-refractivity contribution in [3.05, 3.63) is 70.8 Å². The summed E-state index contributed by atoms with van der Waals surface area (Å²) in [7, 11) is 0. The van der Waals surface area contributed by atoms with E-state index in [1.807, 2.05) is 13.8 Å². The number of aromatic nitrogens is 2. The lowest BCUT2D eigenvalue weighted by molar-refractivity contribution is -0.0493. The van der Waals surface area contributed by atoms with Gasteiger partial charge in [0.15, 0.2) is 5.11 Å². The van der Waals surface area contributed by atoms with Crippen molar-refractivity contribution in [1.82, 2.24) is 9.78 Å². The minimum absolute atomic E-state index is 0.0107. The van der Waals surface area contributed by atoms with Gasteiger partial charge in [-0.25, -0.2) is 4.39 Å². The third kappa shape index (κ3) is 5.10. The van der Waals surface area contributed by atoms with Crippen LogP contribution in [0.15, 0.2) is 42.5 Å². The van der Waals surface area contributed by atoms with E-state index < -0.39 is 6.61 Å². The summed E-state index contributed by atoms with van der Waals surface area (Å²) in [6, 6.07) is 11.3. The topological polar surface area (TPSA) is 51.1 Å². The van der Waals surface area contributed by atoms with Crippen LogP contribution in [0.5, 0.6) is 5.75 Å². The van der Waals surface area contributed by atoms with Crippen molar-refractivity contribution in [2.45, 2.75) is 33.9 Å². The Morgan fingerprint density at radius 3 is 2.57 bits per heavy atom. The van der Waals surface area contributed by atoms with Gasteiger partial charge in [0.25, 0.3) is 0 Å². The van der Waals surface area contributed by atoms with Crippen molar-refractivity contribution < 1.29 is 17.9 Å². The number of hydrogen-bond donors (Lipinski definition) is 2. The quantitative estimate of drug-likeness (QED) is 0.509.